The van der Waals surface area contributed by atoms with Crippen molar-refractivity contribution in [1.29, 1.82) is 0 Å². The first-order valence-electron chi connectivity index (χ1n) is 6.56. The molecule has 0 amide bonds. The molecule has 3 rings (SSSR count). The van der Waals surface area contributed by atoms with Gasteiger partial charge in [0.15, 0.2) is 0 Å². The normalized spacial score (nSPS) is 27.8. The Kier molecular flexibility index (Phi) is 3.19. The number of hydrogen-bond donors (Lipinski definition) is 1. The van der Waals surface area contributed by atoms with Gasteiger partial charge in [-0.15, -0.1) is 11.6 Å². The molecule has 1 aromatic rings. The predicted octanol–water partition coefficient (Wildman–Crippen LogP) is 2.93. The lowest BCUT2D eigenvalue weighted by Gasteiger charge is -2.32. The van der Waals surface area contributed by atoms with E-state index >= 15 is 0 Å². The molecule has 3 nitrogen and oxygen atoms in total. The monoisotopic (exact) mass is 251 g/mol. The molecule has 0 bridgehead atoms. The van der Waals surface area contributed by atoms with E-state index in [9.17, 15) is 0 Å². The number of halogens is 1. The van der Waals surface area contributed by atoms with Crippen molar-refractivity contribution >= 4 is 17.4 Å². The van der Waals surface area contributed by atoms with Gasteiger partial charge in [-0.3, -0.25) is 0 Å². The number of alkyl halides is 1. The van der Waals surface area contributed by atoms with E-state index in [-0.39, 0.29) is 0 Å². The van der Waals surface area contributed by atoms with Crippen LogP contribution in [0.15, 0.2) is 6.33 Å². The van der Waals surface area contributed by atoms with Crippen molar-refractivity contribution in [3.8, 4) is 0 Å². The number of rotatable bonds is 2. The third-order valence-electron chi connectivity index (χ3n) is 3.80. The van der Waals surface area contributed by atoms with Gasteiger partial charge in [-0.25, -0.2) is 9.97 Å². The second kappa shape index (κ2) is 4.81. The Morgan fingerprint density at radius 3 is 2.76 bits per heavy atom. The molecule has 4 heteroatoms. The molecule has 2 aliphatic rings. The molecule has 92 valence electrons. The van der Waals surface area contributed by atoms with Crippen LogP contribution in [-0.4, -0.2) is 21.4 Å². The number of aromatic nitrogens is 2. The molecule has 0 saturated heterocycles. The van der Waals surface area contributed by atoms with E-state index in [4.69, 9.17) is 11.6 Å². The molecule has 1 aromatic heterocycles. The minimum Gasteiger partial charge on any atom is -0.367 e. The first kappa shape index (κ1) is 11.3. The molecular weight excluding hydrogens is 234 g/mol. The summed E-state index contributed by atoms with van der Waals surface area (Å²) in [6.07, 6.45) is 9.87. The summed E-state index contributed by atoms with van der Waals surface area (Å²) in [7, 11) is 0. The van der Waals surface area contributed by atoms with Gasteiger partial charge in [-0.1, -0.05) is 6.42 Å². The Balaban J connectivity index is 1.79. The predicted molar refractivity (Wildman–Crippen MR) is 69.6 cm³/mol. The van der Waals surface area contributed by atoms with Crippen LogP contribution >= 0.6 is 11.6 Å². The fraction of sp³-hybridized carbons (Fsp3) is 0.692. The second-order valence-corrected chi connectivity index (χ2v) is 5.74. The van der Waals surface area contributed by atoms with Crippen LogP contribution in [0.5, 0.6) is 0 Å². The first-order valence-corrected chi connectivity index (χ1v) is 7.00. The number of nitrogens with one attached hydrogen (secondary N) is 1. The summed E-state index contributed by atoms with van der Waals surface area (Å²) in [5.74, 6) is 1.06. The lowest BCUT2D eigenvalue weighted by Crippen LogP contribution is -2.36. The van der Waals surface area contributed by atoms with E-state index in [1.165, 1.54) is 30.5 Å². The third kappa shape index (κ3) is 2.39. The van der Waals surface area contributed by atoms with Gasteiger partial charge in [-0.05, 0) is 38.5 Å². The SMILES string of the molecule is ClC1CC(Nc2ncnc3c2CCCCC3)C1. The Labute approximate surface area is 107 Å². The summed E-state index contributed by atoms with van der Waals surface area (Å²) in [5.41, 5.74) is 2.60. The summed E-state index contributed by atoms with van der Waals surface area (Å²) in [6.45, 7) is 0. The molecule has 2 aliphatic carbocycles. The summed E-state index contributed by atoms with van der Waals surface area (Å²) in [4.78, 5) is 8.84. The maximum absolute atomic E-state index is 6.01. The standard InChI is InChI=1S/C13H18ClN3/c14-9-6-10(7-9)17-13-11-4-2-1-3-5-12(11)15-8-16-13/h8-10H,1-7H2,(H,15,16,17). The van der Waals surface area contributed by atoms with Crippen LogP contribution in [0.2, 0.25) is 0 Å². The molecule has 0 aliphatic heterocycles. The van der Waals surface area contributed by atoms with E-state index in [1.807, 2.05) is 0 Å². The zero-order valence-electron chi connectivity index (χ0n) is 9.95. The van der Waals surface area contributed by atoms with Crippen LogP contribution in [0.1, 0.15) is 43.4 Å². The van der Waals surface area contributed by atoms with Crippen molar-refractivity contribution in [2.75, 3.05) is 5.32 Å². The van der Waals surface area contributed by atoms with Gasteiger partial charge < -0.3 is 5.32 Å². The minimum atomic E-state index is 0.355. The zero-order valence-corrected chi connectivity index (χ0v) is 10.7. The van der Waals surface area contributed by atoms with Crippen molar-refractivity contribution < 1.29 is 0 Å². The molecule has 1 fully saturated rings. The lowest BCUT2D eigenvalue weighted by atomic mass is 9.92. The third-order valence-corrected chi connectivity index (χ3v) is 4.15. The average Bonchev–Trinajstić information content (AvgIpc) is 2.52. The molecular formula is C13H18ClN3. The van der Waals surface area contributed by atoms with Crippen LogP contribution in [0.3, 0.4) is 0 Å². The molecule has 1 saturated carbocycles. The maximum atomic E-state index is 6.01. The van der Waals surface area contributed by atoms with Crippen molar-refractivity contribution in [1.82, 2.24) is 9.97 Å². The number of anilines is 1. The second-order valence-electron chi connectivity index (χ2n) is 5.12. The average molecular weight is 252 g/mol. The van der Waals surface area contributed by atoms with Crippen molar-refractivity contribution in [2.24, 2.45) is 0 Å². The summed E-state index contributed by atoms with van der Waals surface area (Å²) in [5, 5.41) is 3.88. The smallest absolute Gasteiger partial charge is 0.133 e. The molecule has 1 heterocycles. The number of hydrogen-bond acceptors (Lipinski definition) is 3. The Morgan fingerprint density at radius 2 is 1.94 bits per heavy atom. The lowest BCUT2D eigenvalue weighted by molar-refractivity contribution is 0.453. The molecule has 0 radical (unpaired) electrons. The highest BCUT2D eigenvalue weighted by Gasteiger charge is 2.28. The largest absolute Gasteiger partial charge is 0.367 e. The van der Waals surface area contributed by atoms with Crippen molar-refractivity contribution in [3.63, 3.8) is 0 Å². The van der Waals surface area contributed by atoms with Crippen LogP contribution in [0.4, 0.5) is 5.82 Å². The molecule has 1 N–H and O–H groups in total. The topological polar surface area (TPSA) is 37.8 Å². The summed E-state index contributed by atoms with van der Waals surface area (Å²) >= 11 is 6.01. The Hall–Kier alpha value is -0.830. The highest BCUT2D eigenvalue weighted by Crippen LogP contribution is 2.30. The van der Waals surface area contributed by atoms with E-state index in [2.05, 4.69) is 15.3 Å². The van der Waals surface area contributed by atoms with Crippen molar-refractivity contribution in [2.45, 2.75) is 56.4 Å². The van der Waals surface area contributed by atoms with E-state index in [1.54, 1.807) is 6.33 Å². The number of nitrogens with zero attached hydrogens (tertiary/aromatic N) is 2. The molecule has 0 aromatic carbocycles. The van der Waals surface area contributed by atoms with E-state index in [0.29, 0.717) is 11.4 Å². The fourth-order valence-corrected chi connectivity index (χ4v) is 3.11. The van der Waals surface area contributed by atoms with Crippen LogP contribution in [0.25, 0.3) is 0 Å². The maximum Gasteiger partial charge on any atom is 0.133 e. The highest BCUT2D eigenvalue weighted by atomic mass is 35.5. The Bertz CT molecular complexity index is 402. The number of aryl methyl sites for hydroxylation is 1. The van der Waals surface area contributed by atoms with Crippen LogP contribution in [0, 0.1) is 0 Å². The number of fused-ring (bicyclic) bond motifs is 1. The molecule has 17 heavy (non-hydrogen) atoms. The van der Waals surface area contributed by atoms with E-state index in [0.717, 1.165) is 31.5 Å². The van der Waals surface area contributed by atoms with Crippen LogP contribution in [-0.2, 0) is 12.8 Å². The molecule has 0 unspecified atom stereocenters. The van der Waals surface area contributed by atoms with Gasteiger partial charge >= 0.3 is 0 Å². The summed E-state index contributed by atoms with van der Waals surface area (Å²) in [6, 6.07) is 0.514. The molecule has 0 spiro atoms. The van der Waals surface area contributed by atoms with Crippen molar-refractivity contribution in [3.05, 3.63) is 17.6 Å². The fourth-order valence-electron chi connectivity index (χ4n) is 2.68. The van der Waals surface area contributed by atoms with Crippen LogP contribution < -0.4 is 5.32 Å². The van der Waals surface area contributed by atoms with Gasteiger partial charge in [-0.2, -0.15) is 0 Å². The Morgan fingerprint density at radius 1 is 1.12 bits per heavy atom. The van der Waals surface area contributed by atoms with Gasteiger partial charge in [0, 0.05) is 22.7 Å². The van der Waals surface area contributed by atoms with Gasteiger partial charge in [0.2, 0.25) is 0 Å². The summed E-state index contributed by atoms with van der Waals surface area (Å²) < 4.78 is 0. The first-order chi connectivity index (χ1) is 8.33. The molecule has 0 atom stereocenters. The van der Waals surface area contributed by atoms with Gasteiger partial charge in [0.05, 0.1) is 0 Å². The minimum absolute atomic E-state index is 0.355. The van der Waals surface area contributed by atoms with E-state index < -0.39 is 0 Å². The highest BCUT2D eigenvalue weighted by molar-refractivity contribution is 6.21. The van der Waals surface area contributed by atoms with Gasteiger partial charge in [0.25, 0.3) is 0 Å². The van der Waals surface area contributed by atoms with Gasteiger partial charge in [0.1, 0.15) is 12.1 Å². The zero-order chi connectivity index (χ0) is 11.7. The quantitative estimate of drug-likeness (QED) is 0.649.